The van der Waals surface area contributed by atoms with Gasteiger partial charge in [-0.25, -0.2) is 0 Å². The second-order valence-corrected chi connectivity index (χ2v) is 9.70. The van der Waals surface area contributed by atoms with Gasteiger partial charge in [-0.15, -0.1) is 0 Å². The van der Waals surface area contributed by atoms with E-state index in [1.165, 1.54) is 34.9 Å². The molecule has 2 saturated heterocycles. The number of hydrogen-bond donors (Lipinski definition) is 2. The first-order chi connectivity index (χ1) is 16.7. The highest BCUT2D eigenvalue weighted by molar-refractivity contribution is 5.85. The molecule has 0 aliphatic carbocycles. The summed E-state index contributed by atoms with van der Waals surface area (Å²) < 4.78 is 2.16. The topological polar surface area (TPSA) is 70.4 Å². The molecule has 0 saturated carbocycles. The van der Waals surface area contributed by atoms with E-state index in [0.717, 1.165) is 51.3 Å². The third kappa shape index (κ3) is 5.40. The van der Waals surface area contributed by atoms with Gasteiger partial charge in [0.25, 0.3) is 0 Å². The standard InChI is InChI=1S/C28H34N4O2/c33-27(34)20-31-16-12-24(13-17-31)28-25-9-8-22(7-6-21-10-14-29-15-11-21)18-26(25)32(30-28)19-23-4-2-1-3-5-23/h1-9,18,21,24,29H,10-17,19-20H2,(H,33,34)/b7-6+. The van der Waals surface area contributed by atoms with E-state index in [4.69, 9.17) is 10.2 Å². The molecule has 0 unspecified atom stereocenters. The molecule has 0 spiro atoms. The van der Waals surface area contributed by atoms with Crippen LogP contribution in [0.5, 0.6) is 0 Å². The Labute approximate surface area is 201 Å². The van der Waals surface area contributed by atoms with E-state index < -0.39 is 5.97 Å². The van der Waals surface area contributed by atoms with Crippen molar-refractivity contribution < 1.29 is 9.90 Å². The summed E-state index contributed by atoms with van der Waals surface area (Å²) in [6.07, 6.45) is 8.95. The highest BCUT2D eigenvalue weighted by atomic mass is 16.4. The Bertz CT molecular complexity index is 1140. The maximum Gasteiger partial charge on any atom is 0.317 e. The number of aliphatic carboxylic acids is 1. The van der Waals surface area contributed by atoms with Gasteiger partial charge in [0.2, 0.25) is 0 Å². The van der Waals surface area contributed by atoms with Crippen LogP contribution < -0.4 is 5.32 Å². The van der Waals surface area contributed by atoms with E-state index in [2.05, 4.69) is 64.6 Å². The molecule has 2 aliphatic rings. The van der Waals surface area contributed by atoms with Crippen molar-refractivity contribution in [3.05, 3.63) is 71.4 Å². The third-order valence-electron chi connectivity index (χ3n) is 7.26. The zero-order valence-electron chi connectivity index (χ0n) is 19.7. The molecular weight excluding hydrogens is 424 g/mol. The van der Waals surface area contributed by atoms with Crippen LogP contribution in [0.4, 0.5) is 0 Å². The van der Waals surface area contributed by atoms with Crippen LogP contribution in [0.1, 0.15) is 48.4 Å². The highest BCUT2D eigenvalue weighted by Gasteiger charge is 2.26. The van der Waals surface area contributed by atoms with Gasteiger partial charge in [0, 0.05) is 11.3 Å². The fourth-order valence-electron chi connectivity index (χ4n) is 5.34. The Balaban J connectivity index is 1.43. The predicted molar refractivity (Wildman–Crippen MR) is 136 cm³/mol. The van der Waals surface area contributed by atoms with Crippen molar-refractivity contribution in [3.8, 4) is 0 Å². The van der Waals surface area contributed by atoms with Crippen molar-refractivity contribution in [2.75, 3.05) is 32.7 Å². The van der Waals surface area contributed by atoms with Crippen molar-refractivity contribution in [1.82, 2.24) is 20.0 Å². The lowest BCUT2D eigenvalue weighted by Crippen LogP contribution is -2.36. The van der Waals surface area contributed by atoms with Gasteiger partial charge >= 0.3 is 5.97 Å². The molecule has 6 heteroatoms. The molecule has 3 aromatic rings. The number of rotatable bonds is 7. The molecule has 0 radical (unpaired) electrons. The van der Waals surface area contributed by atoms with Gasteiger partial charge in [-0.2, -0.15) is 5.10 Å². The predicted octanol–water partition coefficient (Wildman–Crippen LogP) is 4.36. The van der Waals surface area contributed by atoms with E-state index >= 15 is 0 Å². The smallest absolute Gasteiger partial charge is 0.317 e. The summed E-state index contributed by atoms with van der Waals surface area (Å²) in [6, 6.07) is 17.2. The first-order valence-electron chi connectivity index (χ1n) is 12.5. The van der Waals surface area contributed by atoms with Gasteiger partial charge in [-0.05, 0) is 75.0 Å². The van der Waals surface area contributed by atoms with E-state index in [1.54, 1.807) is 0 Å². The number of likely N-dealkylation sites (tertiary alicyclic amines) is 1. The van der Waals surface area contributed by atoms with Gasteiger partial charge in [0.15, 0.2) is 0 Å². The minimum atomic E-state index is -0.749. The Hall–Kier alpha value is -2.96. The van der Waals surface area contributed by atoms with Gasteiger partial charge < -0.3 is 10.4 Å². The Kier molecular flexibility index (Phi) is 7.07. The Morgan fingerprint density at radius 1 is 1.06 bits per heavy atom. The van der Waals surface area contributed by atoms with Crippen LogP contribution in [-0.4, -0.2) is 58.5 Å². The summed E-state index contributed by atoms with van der Waals surface area (Å²) in [4.78, 5) is 13.1. The van der Waals surface area contributed by atoms with Gasteiger partial charge in [-0.1, -0.05) is 54.6 Å². The summed E-state index contributed by atoms with van der Waals surface area (Å²) in [5.74, 6) is 0.263. The van der Waals surface area contributed by atoms with Crippen LogP contribution in [0.15, 0.2) is 54.6 Å². The van der Waals surface area contributed by atoms with E-state index in [-0.39, 0.29) is 6.54 Å². The lowest BCUT2D eigenvalue weighted by molar-refractivity contribution is -0.138. The maximum absolute atomic E-state index is 11.1. The number of nitrogens with zero attached hydrogens (tertiary/aromatic N) is 3. The highest BCUT2D eigenvalue weighted by Crippen LogP contribution is 2.33. The molecule has 6 nitrogen and oxygen atoms in total. The normalized spacial score (nSPS) is 18.7. The maximum atomic E-state index is 11.1. The molecule has 34 heavy (non-hydrogen) atoms. The molecule has 0 atom stereocenters. The summed E-state index contributed by atoms with van der Waals surface area (Å²) in [5, 5.41) is 18.9. The van der Waals surface area contributed by atoms with Gasteiger partial charge in [0.1, 0.15) is 0 Å². The summed E-state index contributed by atoms with van der Waals surface area (Å²) in [6.45, 7) is 4.69. The lowest BCUT2D eigenvalue weighted by Gasteiger charge is -2.30. The Morgan fingerprint density at radius 3 is 2.56 bits per heavy atom. The summed E-state index contributed by atoms with van der Waals surface area (Å²) in [7, 11) is 0. The number of aromatic nitrogens is 2. The number of nitrogens with one attached hydrogen (secondary N) is 1. The first kappa shape index (κ1) is 22.8. The summed E-state index contributed by atoms with van der Waals surface area (Å²) in [5.41, 5.74) is 4.81. The first-order valence-corrected chi connectivity index (χ1v) is 12.5. The van der Waals surface area contributed by atoms with E-state index in [0.29, 0.717) is 11.8 Å². The second-order valence-electron chi connectivity index (χ2n) is 9.70. The average molecular weight is 459 g/mol. The second kappa shape index (κ2) is 10.5. The van der Waals surface area contributed by atoms with Crippen LogP contribution in [0.2, 0.25) is 0 Å². The van der Waals surface area contributed by atoms with Crippen LogP contribution in [-0.2, 0) is 11.3 Å². The number of hydrogen-bond acceptors (Lipinski definition) is 4. The lowest BCUT2D eigenvalue weighted by atomic mass is 9.91. The fourth-order valence-corrected chi connectivity index (χ4v) is 5.34. The SMILES string of the molecule is O=C(O)CN1CCC(c2nn(Cc3ccccc3)c3cc(/C=C/C4CCNCC4)ccc23)CC1. The Morgan fingerprint density at radius 2 is 1.82 bits per heavy atom. The monoisotopic (exact) mass is 458 g/mol. The van der Waals surface area contributed by atoms with Crippen LogP contribution in [0.25, 0.3) is 17.0 Å². The van der Waals surface area contributed by atoms with Crippen molar-refractivity contribution in [2.24, 2.45) is 5.92 Å². The van der Waals surface area contributed by atoms with Crippen molar-refractivity contribution in [3.63, 3.8) is 0 Å². The molecule has 3 heterocycles. The molecule has 2 aromatic carbocycles. The van der Waals surface area contributed by atoms with E-state index in [1.807, 2.05) is 11.0 Å². The van der Waals surface area contributed by atoms with Gasteiger partial charge in [0.05, 0.1) is 24.3 Å². The van der Waals surface area contributed by atoms with Crippen molar-refractivity contribution in [2.45, 2.75) is 38.1 Å². The van der Waals surface area contributed by atoms with Crippen LogP contribution >= 0.6 is 0 Å². The number of piperidine rings is 2. The average Bonchev–Trinajstić information content (AvgIpc) is 3.22. The number of carboxylic acids is 1. The number of carboxylic acid groups (broad SMARTS) is 1. The molecule has 2 N–H and O–H groups in total. The van der Waals surface area contributed by atoms with Crippen molar-refractivity contribution >= 4 is 22.9 Å². The van der Waals surface area contributed by atoms with E-state index in [9.17, 15) is 4.79 Å². The van der Waals surface area contributed by atoms with Crippen molar-refractivity contribution in [1.29, 1.82) is 0 Å². The molecule has 0 bridgehead atoms. The minimum absolute atomic E-state index is 0.128. The van der Waals surface area contributed by atoms with Crippen LogP contribution in [0.3, 0.4) is 0 Å². The van der Waals surface area contributed by atoms with Crippen LogP contribution in [0, 0.1) is 5.92 Å². The molecule has 0 amide bonds. The molecule has 5 rings (SSSR count). The quantitative estimate of drug-likeness (QED) is 0.551. The zero-order valence-corrected chi connectivity index (χ0v) is 19.7. The van der Waals surface area contributed by atoms with Gasteiger partial charge in [-0.3, -0.25) is 14.4 Å². The molecule has 2 fully saturated rings. The largest absolute Gasteiger partial charge is 0.480 e. The number of allylic oxidation sites excluding steroid dienone is 1. The number of benzene rings is 2. The number of fused-ring (bicyclic) bond motifs is 1. The molecular formula is C28H34N4O2. The third-order valence-corrected chi connectivity index (χ3v) is 7.26. The number of carbonyl (C=O) groups is 1. The fraction of sp³-hybridized carbons (Fsp3) is 0.429. The molecule has 2 aliphatic heterocycles. The minimum Gasteiger partial charge on any atom is -0.480 e. The summed E-state index contributed by atoms with van der Waals surface area (Å²) >= 11 is 0. The molecule has 1 aromatic heterocycles. The molecule has 178 valence electrons. The zero-order chi connectivity index (χ0) is 23.3.